The fourth-order valence-corrected chi connectivity index (χ4v) is 1.28. The SMILES string of the molecule is Cc1c(CNCCO)cnn1CC(F)F.Cl. The first-order valence-electron chi connectivity index (χ1n) is 4.76. The summed E-state index contributed by atoms with van der Waals surface area (Å²) in [5.74, 6) is 0. The smallest absolute Gasteiger partial charge is 0.257 e. The van der Waals surface area contributed by atoms with Crippen LogP contribution in [0, 0.1) is 6.92 Å². The molecule has 0 aliphatic heterocycles. The van der Waals surface area contributed by atoms with Crippen molar-refractivity contribution in [1.82, 2.24) is 15.1 Å². The van der Waals surface area contributed by atoms with Crippen LogP contribution in [0.4, 0.5) is 8.78 Å². The normalized spacial score (nSPS) is 10.6. The minimum Gasteiger partial charge on any atom is -0.395 e. The van der Waals surface area contributed by atoms with Gasteiger partial charge in [0.25, 0.3) is 6.43 Å². The number of hydrogen-bond donors (Lipinski definition) is 2. The van der Waals surface area contributed by atoms with Gasteiger partial charge in [-0.1, -0.05) is 0 Å². The van der Waals surface area contributed by atoms with E-state index < -0.39 is 6.43 Å². The third kappa shape index (κ3) is 4.42. The van der Waals surface area contributed by atoms with Crippen molar-refractivity contribution in [3.8, 4) is 0 Å². The van der Waals surface area contributed by atoms with Gasteiger partial charge in [-0.3, -0.25) is 4.68 Å². The van der Waals surface area contributed by atoms with Gasteiger partial charge in [0.2, 0.25) is 0 Å². The van der Waals surface area contributed by atoms with Crippen LogP contribution in [0.2, 0.25) is 0 Å². The Balaban J connectivity index is 0.00000225. The van der Waals surface area contributed by atoms with E-state index in [0.717, 1.165) is 11.3 Å². The van der Waals surface area contributed by atoms with E-state index in [9.17, 15) is 8.78 Å². The van der Waals surface area contributed by atoms with E-state index in [0.29, 0.717) is 13.1 Å². The summed E-state index contributed by atoms with van der Waals surface area (Å²) in [5, 5.41) is 15.4. The molecule has 2 N–H and O–H groups in total. The minimum absolute atomic E-state index is 0. The van der Waals surface area contributed by atoms with Crippen LogP contribution in [0.15, 0.2) is 6.20 Å². The van der Waals surface area contributed by atoms with Crippen LogP contribution in [0.3, 0.4) is 0 Å². The van der Waals surface area contributed by atoms with Crippen molar-refractivity contribution < 1.29 is 13.9 Å². The average molecular weight is 256 g/mol. The van der Waals surface area contributed by atoms with Crippen LogP contribution in [0.5, 0.6) is 0 Å². The van der Waals surface area contributed by atoms with E-state index in [1.165, 1.54) is 4.68 Å². The van der Waals surface area contributed by atoms with Crippen molar-refractivity contribution in [3.63, 3.8) is 0 Å². The van der Waals surface area contributed by atoms with Gasteiger partial charge in [0, 0.05) is 24.3 Å². The summed E-state index contributed by atoms with van der Waals surface area (Å²) in [6, 6.07) is 0. The van der Waals surface area contributed by atoms with Gasteiger partial charge in [0.05, 0.1) is 12.8 Å². The molecular weight excluding hydrogens is 240 g/mol. The van der Waals surface area contributed by atoms with Gasteiger partial charge in [-0.05, 0) is 6.92 Å². The lowest BCUT2D eigenvalue weighted by molar-refractivity contribution is 0.121. The minimum atomic E-state index is -2.39. The number of halogens is 3. The number of rotatable bonds is 6. The van der Waals surface area contributed by atoms with E-state index in [-0.39, 0.29) is 25.6 Å². The Morgan fingerprint density at radius 3 is 2.81 bits per heavy atom. The van der Waals surface area contributed by atoms with Crippen molar-refractivity contribution in [2.45, 2.75) is 26.4 Å². The van der Waals surface area contributed by atoms with E-state index in [1.807, 2.05) is 0 Å². The zero-order chi connectivity index (χ0) is 11.3. The number of alkyl halides is 2. The van der Waals surface area contributed by atoms with Gasteiger partial charge in [-0.2, -0.15) is 5.10 Å². The molecule has 0 saturated heterocycles. The van der Waals surface area contributed by atoms with Crippen LogP contribution in [-0.2, 0) is 13.1 Å². The van der Waals surface area contributed by atoms with Crippen molar-refractivity contribution in [3.05, 3.63) is 17.5 Å². The molecule has 4 nitrogen and oxygen atoms in total. The molecular formula is C9H16ClF2N3O. The molecule has 0 aliphatic carbocycles. The summed E-state index contributed by atoms with van der Waals surface area (Å²) in [5.41, 5.74) is 1.62. The largest absolute Gasteiger partial charge is 0.395 e. The molecule has 0 bridgehead atoms. The van der Waals surface area contributed by atoms with E-state index in [4.69, 9.17) is 5.11 Å². The van der Waals surface area contributed by atoms with E-state index in [1.54, 1.807) is 13.1 Å². The first-order valence-corrected chi connectivity index (χ1v) is 4.76. The second-order valence-corrected chi connectivity index (χ2v) is 3.23. The molecule has 0 saturated carbocycles. The predicted octanol–water partition coefficient (Wildman–Crippen LogP) is 0.960. The topological polar surface area (TPSA) is 50.1 Å². The Hall–Kier alpha value is -0.720. The average Bonchev–Trinajstić information content (AvgIpc) is 2.49. The molecule has 0 spiro atoms. The van der Waals surface area contributed by atoms with Crippen LogP contribution in [-0.4, -0.2) is 34.5 Å². The van der Waals surface area contributed by atoms with Crippen LogP contribution >= 0.6 is 12.4 Å². The Labute approximate surface area is 99.1 Å². The highest BCUT2D eigenvalue weighted by Gasteiger charge is 2.10. The highest BCUT2D eigenvalue weighted by atomic mass is 35.5. The van der Waals surface area contributed by atoms with Crippen molar-refractivity contribution in [2.24, 2.45) is 0 Å². The highest BCUT2D eigenvalue weighted by Crippen LogP contribution is 2.08. The number of hydrogen-bond acceptors (Lipinski definition) is 3. The molecule has 0 fully saturated rings. The first kappa shape index (κ1) is 15.3. The summed E-state index contributed by atoms with van der Waals surface area (Å²) >= 11 is 0. The monoisotopic (exact) mass is 255 g/mol. The highest BCUT2D eigenvalue weighted by molar-refractivity contribution is 5.85. The lowest BCUT2D eigenvalue weighted by Gasteiger charge is -2.05. The summed E-state index contributed by atoms with van der Waals surface area (Å²) in [4.78, 5) is 0. The Morgan fingerprint density at radius 2 is 2.25 bits per heavy atom. The second kappa shape index (κ2) is 7.54. The molecule has 1 rings (SSSR count). The zero-order valence-electron chi connectivity index (χ0n) is 8.99. The van der Waals surface area contributed by atoms with Crippen LogP contribution in [0.1, 0.15) is 11.3 Å². The number of aliphatic hydroxyl groups is 1. The van der Waals surface area contributed by atoms with Crippen molar-refractivity contribution in [1.29, 1.82) is 0 Å². The lowest BCUT2D eigenvalue weighted by Crippen LogP contribution is -2.18. The fraction of sp³-hybridized carbons (Fsp3) is 0.667. The molecule has 94 valence electrons. The molecule has 0 atom stereocenters. The van der Waals surface area contributed by atoms with E-state index >= 15 is 0 Å². The predicted molar refractivity (Wildman–Crippen MR) is 59.0 cm³/mol. The first-order chi connectivity index (χ1) is 7.15. The number of aromatic nitrogens is 2. The third-order valence-electron chi connectivity index (χ3n) is 2.12. The molecule has 0 unspecified atom stereocenters. The van der Waals surface area contributed by atoms with Crippen molar-refractivity contribution in [2.75, 3.05) is 13.2 Å². The van der Waals surface area contributed by atoms with Crippen molar-refractivity contribution >= 4 is 12.4 Å². The number of aliphatic hydroxyl groups excluding tert-OH is 1. The van der Waals surface area contributed by atoms with Gasteiger partial charge < -0.3 is 10.4 Å². The second-order valence-electron chi connectivity index (χ2n) is 3.23. The van der Waals surface area contributed by atoms with Crippen LogP contribution < -0.4 is 5.32 Å². The summed E-state index contributed by atoms with van der Waals surface area (Å²) in [7, 11) is 0. The molecule has 0 radical (unpaired) electrons. The zero-order valence-corrected chi connectivity index (χ0v) is 9.81. The van der Waals surface area contributed by atoms with Gasteiger partial charge in [-0.25, -0.2) is 8.78 Å². The summed E-state index contributed by atoms with van der Waals surface area (Å²) in [6.07, 6.45) is -0.816. The molecule has 16 heavy (non-hydrogen) atoms. The molecule has 0 aromatic carbocycles. The maximum absolute atomic E-state index is 12.1. The Kier molecular flexibility index (Phi) is 7.20. The lowest BCUT2D eigenvalue weighted by atomic mass is 10.2. The van der Waals surface area contributed by atoms with Gasteiger partial charge in [-0.15, -0.1) is 12.4 Å². The molecule has 1 aromatic heterocycles. The molecule has 1 aromatic rings. The third-order valence-corrected chi connectivity index (χ3v) is 2.12. The van der Waals surface area contributed by atoms with E-state index in [2.05, 4.69) is 10.4 Å². The summed E-state index contributed by atoms with van der Waals surface area (Å²) < 4.78 is 25.5. The Bertz CT molecular complexity index is 307. The molecule has 7 heteroatoms. The van der Waals surface area contributed by atoms with Crippen LogP contribution in [0.25, 0.3) is 0 Å². The number of nitrogens with one attached hydrogen (secondary N) is 1. The Morgan fingerprint density at radius 1 is 1.56 bits per heavy atom. The molecule has 0 amide bonds. The molecule has 0 aliphatic rings. The number of nitrogens with zero attached hydrogens (tertiary/aromatic N) is 2. The van der Waals surface area contributed by atoms with Gasteiger partial charge >= 0.3 is 0 Å². The maximum atomic E-state index is 12.1. The summed E-state index contributed by atoms with van der Waals surface area (Å²) in [6.45, 7) is 2.47. The van der Waals surface area contributed by atoms with Gasteiger partial charge in [0.15, 0.2) is 0 Å². The maximum Gasteiger partial charge on any atom is 0.257 e. The van der Waals surface area contributed by atoms with Gasteiger partial charge in [0.1, 0.15) is 6.54 Å². The quantitative estimate of drug-likeness (QED) is 0.745. The molecule has 1 heterocycles. The standard InChI is InChI=1S/C9H15F2N3O.ClH/c1-7-8(4-12-2-3-15)5-13-14(7)6-9(10)11;/h5,9,12,15H,2-4,6H2,1H3;1H. The fourth-order valence-electron chi connectivity index (χ4n) is 1.28.